The van der Waals surface area contributed by atoms with E-state index in [1.54, 1.807) is 18.9 Å². The zero-order valence-corrected chi connectivity index (χ0v) is 12.5. The van der Waals surface area contributed by atoms with Crippen LogP contribution in [0.3, 0.4) is 0 Å². The Morgan fingerprint density at radius 2 is 1.86 bits per heavy atom. The van der Waals surface area contributed by atoms with Gasteiger partial charge in [0.05, 0.1) is 12.8 Å². The van der Waals surface area contributed by atoms with Gasteiger partial charge in [0.1, 0.15) is 5.56 Å². The van der Waals surface area contributed by atoms with Gasteiger partial charge in [-0.1, -0.05) is 18.2 Å². The van der Waals surface area contributed by atoms with E-state index in [1.165, 1.54) is 18.7 Å². The molecule has 0 radical (unpaired) electrons. The molecule has 0 saturated carbocycles. The first kappa shape index (κ1) is 14.8. The number of ether oxygens (including phenoxy) is 1. The second-order valence-corrected chi connectivity index (χ2v) is 4.60. The highest BCUT2D eigenvalue weighted by Crippen LogP contribution is 2.28. The van der Waals surface area contributed by atoms with Gasteiger partial charge in [-0.25, -0.2) is 9.48 Å². The van der Waals surface area contributed by atoms with Gasteiger partial charge in [-0.05, 0) is 19.1 Å². The lowest BCUT2D eigenvalue weighted by molar-refractivity contribution is 0.0600. The molecule has 0 saturated heterocycles. The minimum Gasteiger partial charge on any atom is -0.465 e. The molecule has 0 fully saturated rings. The molecular formula is C15H17N3O3. The Morgan fingerprint density at radius 1 is 1.24 bits per heavy atom. The Bertz CT molecular complexity index is 677. The molecule has 0 amide bonds. The maximum Gasteiger partial charge on any atom is 0.343 e. The Labute approximate surface area is 122 Å². The SMILES string of the molecule is COC(=O)c1c(N(C)c2ccccc2)nn(C(C)=O)c1C. The van der Waals surface area contributed by atoms with Crippen LogP contribution in [-0.4, -0.2) is 35.8 Å². The largest absolute Gasteiger partial charge is 0.465 e. The summed E-state index contributed by atoms with van der Waals surface area (Å²) in [5, 5.41) is 4.25. The van der Waals surface area contributed by atoms with E-state index < -0.39 is 5.97 Å². The highest BCUT2D eigenvalue weighted by atomic mass is 16.5. The van der Waals surface area contributed by atoms with Gasteiger partial charge >= 0.3 is 5.97 Å². The molecule has 1 heterocycles. The van der Waals surface area contributed by atoms with E-state index in [-0.39, 0.29) is 5.91 Å². The summed E-state index contributed by atoms with van der Waals surface area (Å²) >= 11 is 0. The fourth-order valence-electron chi connectivity index (χ4n) is 2.14. The van der Waals surface area contributed by atoms with Crippen LogP contribution in [0.2, 0.25) is 0 Å². The number of carbonyl (C=O) groups is 2. The summed E-state index contributed by atoms with van der Waals surface area (Å²) in [6, 6.07) is 9.46. The van der Waals surface area contributed by atoms with Crippen molar-refractivity contribution in [1.82, 2.24) is 9.78 Å². The minimum absolute atomic E-state index is 0.259. The number of carbonyl (C=O) groups excluding carboxylic acids is 2. The number of para-hydroxylation sites is 1. The molecule has 0 unspecified atom stereocenters. The summed E-state index contributed by atoms with van der Waals surface area (Å²) in [5.74, 6) is -0.385. The number of aromatic nitrogens is 2. The second kappa shape index (κ2) is 5.78. The summed E-state index contributed by atoms with van der Waals surface area (Å²) in [6.45, 7) is 3.07. The normalized spacial score (nSPS) is 10.3. The van der Waals surface area contributed by atoms with Crippen molar-refractivity contribution >= 4 is 23.4 Å². The summed E-state index contributed by atoms with van der Waals surface area (Å²) in [6.07, 6.45) is 0. The van der Waals surface area contributed by atoms with E-state index in [9.17, 15) is 9.59 Å². The van der Waals surface area contributed by atoms with Crippen LogP contribution in [0.15, 0.2) is 30.3 Å². The molecule has 0 aliphatic carbocycles. The van der Waals surface area contributed by atoms with Crippen LogP contribution in [0, 0.1) is 6.92 Å². The third-order valence-electron chi connectivity index (χ3n) is 3.25. The number of hydrogen-bond donors (Lipinski definition) is 0. The maximum absolute atomic E-state index is 12.0. The van der Waals surface area contributed by atoms with Crippen molar-refractivity contribution in [3.63, 3.8) is 0 Å². The number of rotatable bonds is 3. The van der Waals surface area contributed by atoms with Gasteiger partial charge in [-0.3, -0.25) is 4.79 Å². The number of esters is 1. The summed E-state index contributed by atoms with van der Waals surface area (Å²) in [5.41, 5.74) is 1.61. The minimum atomic E-state index is -0.516. The monoisotopic (exact) mass is 287 g/mol. The van der Waals surface area contributed by atoms with E-state index >= 15 is 0 Å². The van der Waals surface area contributed by atoms with Crippen LogP contribution in [-0.2, 0) is 4.74 Å². The Hall–Kier alpha value is -2.63. The third kappa shape index (κ3) is 2.65. The standard InChI is InChI=1S/C15H17N3O3/c1-10-13(15(20)21-4)14(16-18(10)11(2)19)17(3)12-8-6-5-7-9-12/h5-9H,1-4H3. The number of anilines is 2. The summed E-state index contributed by atoms with van der Waals surface area (Å²) in [7, 11) is 3.09. The first-order valence-corrected chi connectivity index (χ1v) is 6.45. The Kier molecular flexibility index (Phi) is 4.07. The third-order valence-corrected chi connectivity index (χ3v) is 3.25. The quantitative estimate of drug-likeness (QED) is 0.811. The molecule has 0 bridgehead atoms. The van der Waals surface area contributed by atoms with Crippen LogP contribution in [0.4, 0.5) is 11.5 Å². The van der Waals surface area contributed by atoms with Gasteiger partial charge in [0.25, 0.3) is 0 Å². The molecule has 2 rings (SSSR count). The maximum atomic E-state index is 12.0. The summed E-state index contributed by atoms with van der Waals surface area (Å²) in [4.78, 5) is 25.4. The van der Waals surface area contributed by atoms with Crippen molar-refractivity contribution in [2.75, 3.05) is 19.1 Å². The zero-order valence-electron chi connectivity index (χ0n) is 12.5. The van der Waals surface area contributed by atoms with Crippen LogP contribution in [0.5, 0.6) is 0 Å². The smallest absolute Gasteiger partial charge is 0.343 e. The first-order valence-electron chi connectivity index (χ1n) is 6.45. The number of methoxy groups -OCH3 is 1. The average molecular weight is 287 g/mol. The van der Waals surface area contributed by atoms with E-state index in [2.05, 4.69) is 5.10 Å². The first-order chi connectivity index (χ1) is 9.97. The van der Waals surface area contributed by atoms with Gasteiger partial charge in [-0.15, -0.1) is 5.10 Å². The van der Waals surface area contributed by atoms with Gasteiger partial charge in [-0.2, -0.15) is 0 Å². The molecule has 2 aromatic rings. The van der Waals surface area contributed by atoms with Gasteiger partial charge in [0, 0.05) is 19.7 Å². The van der Waals surface area contributed by atoms with Crippen LogP contribution in [0.1, 0.15) is 27.8 Å². The molecule has 0 N–H and O–H groups in total. The Balaban J connectivity index is 2.59. The van der Waals surface area contributed by atoms with Gasteiger partial charge in [0.15, 0.2) is 5.82 Å². The molecule has 1 aromatic heterocycles. The van der Waals surface area contributed by atoms with Gasteiger partial charge < -0.3 is 9.64 Å². The molecule has 6 heteroatoms. The fraction of sp³-hybridized carbons (Fsp3) is 0.267. The fourth-order valence-corrected chi connectivity index (χ4v) is 2.14. The van der Waals surface area contributed by atoms with Crippen LogP contribution >= 0.6 is 0 Å². The predicted molar refractivity (Wildman–Crippen MR) is 79.1 cm³/mol. The number of benzene rings is 1. The molecule has 6 nitrogen and oxygen atoms in total. The zero-order chi connectivity index (χ0) is 15.6. The van der Waals surface area contributed by atoms with E-state index in [0.29, 0.717) is 17.1 Å². The topological polar surface area (TPSA) is 64.4 Å². The molecule has 110 valence electrons. The molecule has 0 aliphatic rings. The van der Waals surface area contributed by atoms with E-state index in [4.69, 9.17) is 4.74 Å². The van der Waals surface area contributed by atoms with Crippen molar-refractivity contribution < 1.29 is 14.3 Å². The van der Waals surface area contributed by atoms with E-state index in [1.807, 2.05) is 30.3 Å². The molecule has 0 spiro atoms. The lowest BCUT2D eigenvalue weighted by atomic mass is 10.2. The lowest BCUT2D eigenvalue weighted by Crippen LogP contribution is -2.15. The second-order valence-electron chi connectivity index (χ2n) is 4.60. The van der Waals surface area contributed by atoms with Crippen molar-refractivity contribution in [3.8, 4) is 0 Å². The van der Waals surface area contributed by atoms with Crippen molar-refractivity contribution in [3.05, 3.63) is 41.6 Å². The molecule has 0 atom stereocenters. The van der Waals surface area contributed by atoms with Crippen molar-refractivity contribution in [2.24, 2.45) is 0 Å². The molecule has 0 aliphatic heterocycles. The van der Waals surface area contributed by atoms with Crippen molar-refractivity contribution in [1.29, 1.82) is 0 Å². The number of hydrogen-bond acceptors (Lipinski definition) is 5. The lowest BCUT2D eigenvalue weighted by Gasteiger charge is -2.17. The number of nitrogens with zero attached hydrogens (tertiary/aromatic N) is 3. The predicted octanol–water partition coefficient (Wildman–Crippen LogP) is 2.41. The van der Waals surface area contributed by atoms with E-state index in [0.717, 1.165) is 5.69 Å². The molecule has 1 aromatic carbocycles. The van der Waals surface area contributed by atoms with Crippen LogP contribution < -0.4 is 4.90 Å². The summed E-state index contributed by atoms with van der Waals surface area (Å²) < 4.78 is 6.02. The molecule has 21 heavy (non-hydrogen) atoms. The highest BCUT2D eigenvalue weighted by molar-refractivity contribution is 5.98. The molecular weight excluding hydrogens is 270 g/mol. The Morgan fingerprint density at radius 3 is 2.38 bits per heavy atom. The van der Waals surface area contributed by atoms with Crippen molar-refractivity contribution in [2.45, 2.75) is 13.8 Å². The highest BCUT2D eigenvalue weighted by Gasteiger charge is 2.26. The van der Waals surface area contributed by atoms with Crippen LogP contribution in [0.25, 0.3) is 0 Å². The van der Waals surface area contributed by atoms with Gasteiger partial charge in [0.2, 0.25) is 5.91 Å². The average Bonchev–Trinajstić information content (AvgIpc) is 2.84.